The average Bonchev–Trinajstić information content (AvgIpc) is 2.39. The van der Waals surface area contributed by atoms with Crippen molar-refractivity contribution in [3.05, 3.63) is 29.8 Å². The predicted octanol–water partition coefficient (Wildman–Crippen LogP) is 1.45. The van der Waals surface area contributed by atoms with Crippen molar-refractivity contribution in [3.8, 4) is 0 Å². The lowest BCUT2D eigenvalue weighted by Gasteiger charge is -2.33. The molecular weight excluding hydrogens is 202 g/mol. The van der Waals surface area contributed by atoms with Crippen molar-refractivity contribution in [2.45, 2.75) is 19.4 Å². The Kier molecular flexibility index (Phi) is 3.80. The molecule has 1 aliphatic rings. The molecule has 1 atom stereocenters. The number of hydrogen-bond donors (Lipinski definition) is 1. The van der Waals surface area contributed by atoms with Gasteiger partial charge in [-0.15, -0.1) is 0 Å². The molecule has 1 heterocycles. The van der Waals surface area contributed by atoms with Gasteiger partial charge in [0.05, 0.1) is 19.3 Å². The molecule has 1 fully saturated rings. The van der Waals surface area contributed by atoms with Gasteiger partial charge in [-0.1, -0.05) is 19.1 Å². The standard InChI is InChI=1S/C13H19NO2/c1-2-11-3-5-12(6-4-11)14-7-8-16-13(9-14)10-15/h3-6,13,15H,2,7-10H2,1H3/t13-/m1/s1. The summed E-state index contributed by atoms with van der Waals surface area (Å²) in [7, 11) is 0. The van der Waals surface area contributed by atoms with E-state index in [1.165, 1.54) is 11.3 Å². The highest BCUT2D eigenvalue weighted by molar-refractivity contribution is 5.48. The van der Waals surface area contributed by atoms with Crippen LogP contribution in [0, 0.1) is 0 Å². The maximum absolute atomic E-state index is 9.09. The summed E-state index contributed by atoms with van der Waals surface area (Å²) in [5.41, 5.74) is 2.58. The second kappa shape index (κ2) is 5.32. The number of morpholine rings is 1. The molecule has 0 aromatic heterocycles. The van der Waals surface area contributed by atoms with Crippen LogP contribution in [0.1, 0.15) is 12.5 Å². The Hall–Kier alpha value is -1.06. The lowest BCUT2D eigenvalue weighted by atomic mass is 10.1. The van der Waals surface area contributed by atoms with Crippen LogP contribution in [0.15, 0.2) is 24.3 Å². The first-order valence-electron chi connectivity index (χ1n) is 5.90. The van der Waals surface area contributed by atoms with Crippen LogP contribution < -0.4 is 4.90 Å². The summed E-state index contributed by atoms with van der Waals surface area (Å²) in [6.07, 6.45) is 1.03. The third-order valence-corrected chi connectivity index (χ3v) is 3.05. The maximum Gasteiger partial charge on any atom is 0.0980 e. The van der Waals surface area contributed by atoms with E-state index in [-0.39, 0.29) is 12.7 Å². The van der Waals surface area contributed by atoms with Gasteiger partial charge in [-0.2, -0.15) is 0 Å². The lowest BCUT2D eigenvalue weighted by molar-refractivity contribution is 0.00357. The van der Waals surface area contributed by atoms with E-state index in [9.17, 15) is 0 Å². The molecular formula is C13H19NO2. The Morgan fingerprint density at radius 1 is 1.38 bits per heavy atom. The van der Waals surface area contributed by atoms with Crippen LogP contribution in [-0.4, -0.2) is 37.5 Å². The van der Waals surface area contributed by atoms with Crippen molar-refractivity contribution in [2.75, 3.05) is 31.2 Å². The van der Waals surface area contributed by atoms with E-state index in [1.807, 2.05) is 0 Å². The summed E-state index contributed by atoms with van der Waals surface area (Å²) in [5.74, 6) is 0. The van der Waals surface area contributed by atoms with Gasteiger partial charge in [0.2, 0.25) is 0 Å². The van der Waals surface area contributed by atoms with Gasteiger partial charge in [0.25, 0.3) is 0 Å². The Balaban J connectivity index is 2.05. The first kappa shape index (κ1) is 11.4. The van der Waals surface area contributed by atoms with Crippen LogP contribution in [0.5, 0.6) is 0 Å². The van der Waals surface area contributed by atoms with Crippen LogP contribution in [0.25, 0.3) is 0 Å². The Labute approximate surface area is 96.6 Å². The SMILES string of the molecule is CCc1ccc(N2CCO[C@@H](CO)C2)cc1. The molecule has 1 aromatic rings. The number of ether oxygens (including phenoxy) is 1. The fourth-order valence-corrected chi connectivity index (χ4v) is 2.01. The third kappa shape index (κ3) is 2.54. The molecule has 0 bridgehead atoms. The maximum atomic E-state index is 9.09. The zero-order chi connectivity index (χ0) is 11.4. The highest BCUT2D eigenvalue weighted by Gasteiger charge is 2.19. The second-order valence-electron chi connectivity index (χ2n) is 4.14. The molecule has 0 unspecified atom stereocenters. The molecule has 0 saturated carbocycles. The molecule has 1 N–H and O–H groups in total. The normalized spacial score (nSPS) is 21.1. The van der Waals surface area contributed by atoms with Crippen LogP contribution in [0.4, 0.5) is 5.69 Å². The molecule has 1 saturated heterocycles. The summed E-state index contributed by atoms with van der Waals surface area (Å²) in [4.78, 5) is 2.27. The monoisotopic (exact) mass is 221 g/mol. The first-order chi connectivity index (χ1) is 7.83. The molecule has 2 rings (SSSR count). The first-order valence-corrected chi connectivity index (χ1v) is 5.90. The van der Waals surface area contributed by atoms with E-state index in [0.29, 0.717) is 6.61 Å². The molecule has 1 aromatic carbocycles. The van der Waals surface area contributed by atoms with E-state index in [1.54, 1.807) is 0 Å². The Bertz CT molecular complexity index is 323. The molecule has 3 nitrogen and oxygen atoms in total. The summed E-state index contributed by atoms with van der Waals surface area (Å²) in [5, 5.41) is 9.09. The van der Waals surface area contributed by atoms with E-state index < -0.39 is 0 Å². The minimum absolute atomic E-state index is 0.0420. The number of benzene rings is 1. The largest absolute Gasteiger partial charge is 0.394 e. The van der Waals surface area contributed by atoms with E-state index in [4.69, 9.17) is 9.84 Å². The number of hydrogen-bond acceptors (Lipinski definition) is 3. The molecule has 16 heavy (non-hydrogen) atoms. The zero-order valence-corrected chi connectivity index (χ0v) is 9.72. The topological polar surface area (TPSA) is 32.7 Å². The highest BCUT2D eigenvalue weighted by Crippen LogP contribution is 2.18. The fraction of sp³-hybridized carbons (Fsp3) is 0.538. The van der Waals surface area contributed by atoms with Crippen molar-refractivity contribution in [2.24, 2.45) is 0 Å². The summed E-state index contributed by atoms with van der Waals surface area (Å²) in [6.45, 7) is 4.64. The zero-order valence-electron chi connectivity index (χ0n) is 9.72. The van der Waals surface area contributed by atoms with Crippen molar-refractivity contribution in [1.82, 2.24) is 0 Å². The summed E-state index contributed by atoms with van der Waals surface area (Å²) < 4.78 is 5.43. The van der Waals surface area contributed by atoms with E-state index in [2.05, 4.69) is 36.1 Å². The number of rotatable bonds is 3. The molecule has 0 amide bonds. The van der Waals surface area contributed by atoms with Gasteiger partial charge < -0.3 is 14.7 Å². The molecule has 0 radical (unpaired) electrons. The van der Waals surface area contributed by atoms with Crippen molar-refractivity contribution in [3.63, 3.8) is 0 Å². The predicted molar refractivity (Wildman–Crippen MR) is 64.9 cm³/mol. The van der Waals surface area contributed by atoms with Crippen molar-refractivity contribution < 1.29 is 9.84 Å². The molecule has 3 heteroatoms. The molecule has 88 valence electrons. The van der Waals surface area contributed by atoms with Crippen molar-refractivity contribution in [1.29, 1.82) is 0 Å². The third-order valence-electron chi connectivity index (χ3n) is 3.05. The molecule has 0 spiro atoms. The minimum Gasteiger partial charge on any atom is -0.394 e. The lowest BCUT2D eigenvalue weighted by Crippen LogP contribution is -2.44. The van der Waals surface area contributed by atoms with Gasteiger partial charge in [0, 0.05) is 18.8 Å². The van der Waals surface area contributed by atoms with Crippen molar-refractivity contribution >= 4 is 5.69 Å². The minimum atomic E-state index is -0.0420. The number of nitrogens with zero attached hydrogens (tertiary/aromatic N) is 1. The van der Waals surface area contributed by atoms with Gasteiger partial charge in [0.1, 0.15) is 0 Å². The van der Waals surface area contributed by atoms with Gasteiger partial charge in [-0.25, -0.2) is 0 Å². The molecule has 0 aliphatic carbocycles. The molecule has 1 aliphatic heterocycles. The van der Waals surface area contributed by atoms with Gasteiger partial charge in [-0.3, -0.25) is 0 Å². The van der Waals surface area contributed by atoms with E-state index >= 15 is 0 Å². The Morgan fingerprint density at radius 3 is 2.75 bits per heavy atom. The fourth-order valence-electron chi connectivity index (χ4n) is 2.01. The van der Waals surface area contributed by atoms with E-state index in [0.717, 1.165) is 19.5 Å². The number of anilines is 1. The summed E-state index contributed by atoms with van der Waals surface area (Å²) >= 11 is 0. The Morgan fingerprint density at radius 2 is 2.12 bits per heavy atom. The van der Waals surface area contributed by atoms with Crippen LogP contribution in [-0.2, 0) is 11.2 Å². The van der Waals surface area contributed by atoms with Crippen LogP contribution >= 0.6 is 0 Å². The summed E-state index contributed by atoms with van der Waals surface area (Å²) in [6, 6.07) is 8.63. The second-order valence-corrected chi connectivity index (χ2v) is 4.14. The number of aliphatic hydroxyl groups is 1. The highest BCUT2D eigenvalue weighted by atomic mass is 16.5. The smallest absolute Gasteiger partial charge is 0.0980 e. The quantitative estimate of drug-likeness (QED) is 0.838. The van der Waals surface area contributed by atoms with Gasteiger partial charge in [-0.05, 0) is 24.1 Å². The number of aryl methyl sites for hydroxylation is 1. The van der Waals surface area contributed by atoms with Gasteiger partial charge in [0.15, 0.2) is 0 Å². The van der Waals surface area contributed by atoms with Crippen LogP contribution in [0.3, 0.4) is 0 Å². The van der Waals surface area contributed by atoms with Gasteiger partial charge >= 0.3 is 0 Å². The average molecular weight is 221 g/mol. The van der Waals surface area contributed by atoms with Crippen LogP contribution in [0.2, 0.25) is 0 Å². The number of aliphatic hydroxyl groups excluding tert-OH is 1.